The van der Waals surface area contributed by atoms with Gasteiger partial charge in [-0.1, -0.05) is 54.6 Å². The normalized spacial score (nSPS) is 14.8. The van der Waals surface area contributed by atoms with E-state index in [1.165, 1.54) is 18.1 Å². The Morgan fingerprint density at radius 3 is 1.72 bits per heavy atom. The van der Waals surface area contributed by atoms with Crippen molar-refractivity contribution in [2.45, 2.75) is 20.0 Å². The van der Waals surface area contributed by atoms with Crippen molar-refractivity contribution in [3.63, 3.8) is 0 Å². The Morgan fingerprint density at radius 2 is 1.19 bits per heavy atom. The quantitative estimate of drug-likeness (QED) is 0.566. The highest BCUT2D eigenvalue weighted by Crippen LogP contribution is 2.15. The van der Waals surface area contributed by atoms with Gasteiger partial charge in [0.1, 0.15) is 0 Å². The number of nitrogens with zero attached hydrogens (tertiary/aromatic N) is 2. The molecule has 1 aliphatic heterocycles. The van der Waals surface area contributed by atoms with E-state index in [2.05, 4.69) is 57.6 Å². The summed E-state index contributed by atoms with van der Waals surface area (Å²) >= 11 is 0. The number of hydrogen-bond acceptors (Lipinski definition) is 4. The van der Waals surface area contributed by atoms with E-state index in [1.807, 2.05) is 12.1 Å². The van der Waals surface area contributed by atoms with Crippen LogP contribution in [-0.4, -0.2) is 47.7 Å². The predicted molar refractivity (Wildman–Crippen MR) is 128 cm³/mol. The molecule has 0 atom stereocenters. The number of rotatable bonds is 7. The molecule has 0 radical (unpaired) electrons. The highest BCUT2D eigenvalue weighted by Gasteiger charge is 2.17. The summed E-state index contributed by atoms with van der Waals surface area (Å²) in [5.74, 6) is -0.187. The van der Waals surface area contributed by atoms with Crippen LogP contribution >= 0.6 is 0 Å². The van der Waals surface area contributed by atoms with Gasteiger partial charge in [-0.2, -0.15) is 0 Å². The molecule has 0 aliphatic carbocycles. The summed E-state index contributed by atoms with van der Waals surface area (Å²) in [6, 6.07) is 25.4. The zero-order valence-electron chi connectivity index (χ0n) is 18.5. The maximum absolute atomic E-state index is 12.4. The number of Topliss-reactive ketones (excluding diaryl/α,β-unsaturated/α-hetero) is 1. The first kappa shape index (κ1) is 21.9. The number of anilines is 1. The molecule has 5 heteroatoms. The third kappa shape index (κ3) is 5.90. The predicted octanol–water partition coefficient (Wildman–Crippen LogP) is 4.46. The van der Waals surface area contributed by atoms with Gasteiger partial charge in [-0.25, -0.2) is 0 Å². The minimum absolute atomic E-state index is 0.00912. The van der Waals surface area contributed by atoms with Crippen molar-refractivity contribution in [1.29, 1.82) is 0 Å². The summed E-state index contributed by atoms with van der Waals surface area (Å²) < 4.78 is 0. The minimum Gasteiger partial charge on any atom is -0.322 e. The summed E-state index contributed by atoms with van der Waals surface area (Å²) in [7, 11) is 0. The highest BCUT2D eigenvalue weighted by molar-refractivity contribution is 6.05. The van der Waals surface area contributed by atoms with E-state index in [0.717, 1.165) is 45.0 Å². The van der Waals surface area contributed by atoms with Crippen LogP contribution in [-0.2, 0) is 13.1 Å². The van der Waals surface area contributed by atoms with Crippen LogP contribution in [0.1, 0.15) is 38.8 Å². The van der Waals surface area contributed by atoms with Crippen molar-refractivity contribution < 1.29 is 9.59 Å². The summed E-state index contributed by atoms with van der Waals surface area (Å²) in [6.07, 6.45) is 0. The van der Waals surface area contributed by atoms with E-state index in [0.29, 0.717) is 11.1 Å². The third-order valence-corrected chi connectivity index (χ3v) is 5.89. The van der Waals surface area contributed by atoms with E-state index in [-0.39, 0.29) is 11.7 Å². The van der Waals surface area contributed by atoms with Gasteiger partial charge in [-0.05, 0) is 42.3 Å². The molecule has 32 heavy (non-hydrogen) atoms. The fourth-order valence-electron chi connectivity index (χ4n) is 3.96. The molecule has 0 aromatic heterocycles. The van der Waals surface area contributed by atoms with Crippen molar-refractivity contribution in [2.75, 3.05) is 31.5 Å². The van der Waals surface area contributed by atoms with E-state index in [4.69, 9.17) is 0 Å². The maximum Gasteiger partial charge on any atom is 0.255 e. The SMILES string of the molecule is CC(=O)c1ccc(C(=O)Nc2ccc(CN3CCN(Cc4ccccc4)CC3)cc2)cc1. The number of carbonyl (C=O) groups is 2. The number of hydrogen-bond donors (Lipinski definition) is 1. The number of ketones is 1. The van der Waals surface area contributed by atoms with Crippen molar-refractivity contribution in [3.8, 4) is 0 Å². The van der Waals surface area contributed by atoms with Crippen LogP contribution in [0.15, 0.2) is 78.9 Å². The van der Waals surface area contributed by atoms with E-state index >= 15 is 0 Å². The number of nitrogens with one attached hydrogen (secondary N) is 1. The van der Waals surface area contributed by atoms with Crippen LogP contribution in [0.2, 0.25) is 0 Å². The largest absolute Gasteiger partial charge is 0.322 e. The molecule has 1 heterocycles. The Labute approximate surface area is 189 Å². The molecule has 1 saturated heterocycles. The van der Waals surface area contributed by atoms with Gasteiger partial charge in [0.15, 0.2) is 5.78 Å². The number of amides is 1. The van der Waals surface area contributed by atoms with E-state index in [9.17, 15) is 9.59 Å². The fourth-order valence-corrected chi connectivity index (χ4v) is 3.96. The molecule has 4 rings (SSSR count). The highest BCUT2D eigenvalue weighted by atomic mass is 16.1. The van der Waals surface area contributed by atoms with Crippen LogP contribution in [0.5, 0.6) is 0 Å². The van der Waals surface area contributed by atoms with Gasteiger partial charge in [0.2, 0.25) is 0 Å². The number of piperazine rings is 1. The molecule has 0 unspecified atom stereocenters. The maximum atomic E-state index is 12.4. The van der Waals surface area contributed by atoms with Crippen molar-refractivity contribution in [3.05, 3.63) is 101 Å². The van der Waals surface area contributed by atoms with E-state index < -0.39 is 0 Å². The lowest BCUT2D eigenvalue weighted by atomic mass is 10.1. The monoisotopic (exact) mass is 427 g/mol. The Kier molecular flexibility index (Phi) is 7.10. The lowest BCUT2D eigenvalue weighted by Crippen LogP contribution is -2.45. The smallest absolute Gasteiger partial charge is 0.255 e. The fraction of sp³-hybridized carbons (Fsp3) is 0.259. The molecule has 1 N–H and O–H groups in total. The Balaban J connectivity index is 1.25. The zero-order chi connectivity index (χ0) is 22.3. The van der Waals surface area contributed by atoms with E-state index in [1.54, 1.807) is 24.3 Å². The van der Waals surface area contributed by atoms with Crippen LogP contribution in [0, 0.1) is 0 Å². The molecule has 5 nitrogen and oxygen atoms in total. The topological polar surface area (TPSA) is 52.7 Å². The van der Waals surface area contributed by atoms with Crippen molar-refractivity contribution >= 4 is 17.4 Å². The lowest BCUT2D eigenvalue weighted by molar-refractivity contribution is 0.101. The first-order valence-electron chi connectivity index (χ1n) is 11.1. The van der Waals surface area contributed by atoms with Crippen LogP contribution in [0.25, 0.3) is 0 Å². The second-order valence-corrected chi connectivity index (χ2v) is 8.32. The Hall–Kier alpha value is -3.28. The van der Waals surface area contributed by atoms with Crippen LogP contribution in [0.4, 0.5) is 5.69 Å². The molecule has 1 aliphatic rings. The summed E-state index contributed by atoms with van der Waals surface area (Å²) in [5.41, 5.74) is 4.51. The van der Waals surface area contributed by atoms with Gasteiger partial charge in [-0.3, -0.25) is 19.4 Å². The zero-order valence-corrected chi connectivity index (χ0v) is 18.5. The van der Waals surface area contributed by atoms with Gasteiger partial charge >= 0.3 is 0 Å². The van der Waals surface area contributed by atoms with Gasteiger partial charge in [0.05, 0.1) is 0 Å². The molecular weight excluding hydrogens is 398 g/mol. The number of benzene rings is 3. The minimum atomic E-state index is -0.178. The molecule has 0 spiro atoms. The Morgan fingerprint density at radius 1 is 0.688 bits per heavy atom. The number of carbonyl (C=O) groups excluding carboxylic acids is 2. The summed E-state index contributed by atoms with van der Waals surface area (Å²) in [5, 5.41) is 2.92. The average Bonchev–Trinajstić information content (AvgIpc) is 2.82. The van der Waals surface area contributed by atoms with Gasteiger partial charge in [0, 0.05) is 56.1 Å². The van der Waals surface area contributed by atoms with Crippen molar-refractivity contribution in [1.82, 2.24) is 9.80 Å². The molecular formula is C27H29N3O2. The molecule has 164 valence electrons. The van der Waals surface area contributed by atoms with Crippen molar-refractivity contribution in [2.24, 2.45) is 0 Å². The lowest BCUT2D eigenvalue weighted by Gasteiger charge is -2.34. The first-order valence-corrected chi connectivity index (χ1v) is 11.1. The molecule has 1 fully saturated rings. The summed E-state index contributed by atoms with van der Waals surface area (Å²) in [6.45, 7) is 7.71. The molecule has 3 aromatic rings. The van der Waals surface area contributed by atoms with Crippen LogP contribution in [0.3, 0.4) is 0 Å². The third-order valence-electron chi connectivity index (χ3n) is 5.89. The van der Waals surface area contributed by atoms with Crippen LogP contribution < -0.4 is 5.32 Å². The van der Waals surface area contributed by atoms with Gasteiger partial charge < -0.3 is 5.32 Å². The molecule has 1 amide bonds. The second-order valence-electron chi connectivity index (χ2n) is 8.32. The molecule has 3 aromatic carbocycles. The average molecular weight is 428 g/mol. The molecule has 0 saturated carbocycles. The second kappa shape index (κ2) is 10.4. The molecule has 0 bridgehead atoms. The van der Waals surface area contributed by atoms with Gasteiger partial charge in [0.25, 0.3) is 5.91 Å². The van der Waals surface area contributed by atoms with Gasteiger partial charge in [-0.15, -0.1) is 0 Å². The standard InChI is InChI=1S/C27H29N3O2/c1-21(31)24-9-11-25(12-10-24)27(32)28-26-13-7-23(8-14-26)20-30-17-15-29(16-18-30)19-22-5-3-2-4-6-22/h2-14H,15-20H2,1H3,(H,28,32). The first-order chi connectivity index (χ1) is 15.6. The summed E-state index contributed by atoms with van der Waals surface area (Å²) in [4.78, 5) is 28.8. The Bertz CT molecular complexity index is 1040.